The minimum atomic E-state index is -1.85. The topological polar surface area (TPSA) is 35.5 Å². The first kappa shape index (κ1) is 20.2. The molecule has 3 nitrogen and oxygen atoms in total. The van der Waals surface area contributed by atoms with E-state index < -0.39 is 8.32 Å². The van der Waals surface area contributed by atoms with E-state index in [2.05, 4.69) is 39.9 Å². The molecule has 0 bridgehead atoms. The van der Waals surface area contributed by atoms with Crippen molar-refractivity contribution in [1.82, 2.24) is 0 Å². The second-order valence-corrected chi connectivity index (χ2v) is 12.1. The fourth-order valence-corrected chi connectivity index (χ4v) is 2.83. The first-order chi connectivity index (χ1) is 11.1. The normalized spacial score (nSPS) is 13.2. The van der Waals surface area contributed by atoms with E-state index in [1.165, 1.54) is 6.08 Å². The van der Waals surface area contributed by atoms with E-state index in [0.717, 1.165) is 16.9 Å². The molecule has 0 amide bonds. The van der Waals surface area contributed by atoms with Crippen LogP contribution in [0.15, 0.2) is 42.5 Å². The summed E-state index contributed by atoms with van der Waals surface area (Å²) < 4.78 is 11.2. The first-order valence-electron chi connectivity index (χ1n) is 8.38. The molecule has 24 heavy (non-hydrogen) atoms. The smallest absolute Gasteiger partial charge is 0.330 e. The fourth-order valence-electron chi connectivity index (χ4n) is 1.81. The van der Waals surface area contributed by atoms with Crippen molar-refractivity contribution in [2.24, 2.45) is 0 Å². The third-order valence-electron chi connectivity index (χ3n) is 4.33. The number of benzene rings is 1. The molecule has 4 heteroatoms. The minimum absolute atomic E-state index is 0.163. The maximum atomic E-state index is 11.3. The molecule has 0 aromatic heterocycles. The van der Waals surface area contributed by atoms with Crippen molar-refractivity contribution in [3.63, 3.8) is 0 Å². The van der Waals surface area contributed by atoms with E-state index in [4.69, 9.17) is 9.16 Å². The van der Waals surface area contributed by atoms with Crippen LogP contribution in [0, 0.1) is 0 Å². The van der Waals surface area contributed by atoms with Crippen LogP contribution in [-0.4, -0.2) is 20.9 Å². The Morgan fingerprint density at radius 2 is 1.92 bits per heavy atom. The van der Waals surface area contributed by atoms with E-state index in [0.29, 0.717) is 6.61 Å². The van der Waals surface area contributed by atoms with Crippen molar-refractivity contribution in [2.75, 3.05) is 6.61 Å². The zero-order valence-electron chi connectivity index (χ0n) is 16.0. The van der Waals surface area contributed by atoms with Crippen molar-refractivity contribution >= 4 is 19.9 Å². The van der Waals surface area contributed by atoms with Crippen molar-refractivity contribution in [3.8, 4) is 5.75 Å². The lowest BCUT2D eigenvalue weighted by Gasteiger charge is -2.36. The van der Waals surface area contributed by atoms with Gasteiger partial charge in [-0.05, 0) is 55.2 Å². The molecule has 0 aliphatic carbocycles. The number of allylic oxidation sites excluding steroid dienone is 3. The van der Waals surface area contributed by atoms with Crippen molar-refractivity contribution < 1.29 is 14.0 Å². The molecule has 0 atom stereocenters. The van der Waals surface area contributed by atoms with Gasteiger partial charge < -0.3 is 9.16 Å². The molecule has 0 saturated carbocycles. The van der Waals surface area contributed by atoms with E-state index in [1.54, 1.807) is 13.0 Å². The van der Waals surface area contributed by atoms with Gasteiger partial charge in [0.25, 0.3) is 0 Å². The first-order valence-corrected chi connectivity index (χ1v) is 11.3. The van der Waals surface area contributed by atoms with Crippen LogP contribution in [0.2, 0.25) is 18.1 Å². The van der Waals surface area contributed by atoms with Gasteiger partial charge >= 0.3 is 5.97 Å². The lowest BCUT2D eigenvalue weighted by atomic mass is 10.1. The van der Waals surface area contributed by atoms with Gasteiger partial charge in [0.1, 0.15) is 5.75 Å². The maximum absolute atomic E-state index is 11.3. The molecule has 1 aromatic carbocycles. The summed E-state index contributed by atoms with van der Waals surface area (Å²) in [5.74, 6) is 0.581. The molecule has 0 saturated heterocycles. The van der Waals surface area contributed by atoms with Crippen LogP contribution < -0.4 is 4.43 Å². The molecule has 0 aliphatic heterocycles. The van der Waals surface area contributed by atoms with Gasteiger partial charge in [-0.3, -0.25) is 0 Å². The average molecular weight is 347 g/mol. The Labute approximate surface area is 147 Å². The summed E-state index contributed by atoms with van der Waals surface area (Å²) in [6.45, 7) is 15.4. The Hall–Kier alpha value is -1.81. The molecular formula is C20H30O3Si. The highest BCUT2D eigenvalue weighted by atomic mass is 28.4. The SMILES string of the molecule is CCOC(=O)C=CC=C(C)c1cccc(O[Si](C)(C)C(C)(C)C)c1. The quantitative estimate of drug-likeness (QED) is 0.291. The van der Waals surface area contributed by atoms with Crippen LogP contribution >= 0.6 is 0 Å². The summed E-state index contributed by atoms with van der Waals surface area (Å²) >= 11 is 0. The monoisotopic (exact) mass is 346 g/mol. The summed E-state index contributed by atoms with van der Waals surface area (Å²) in [6, 6.07) is 8.11. The van der Waals surface area contributed by atoms with Crippen LogP contribution in [0.1, 0.15) is 40.2 Å². The standard InChI is InChI=1S/C20H30O3Si/c1-8-22-19(21)14-9-11-16(2)17-12-10-13-18(15-17)23-24(6,7)20(3,4)5/h9-15H,8H2,1-7H3. The van der Waals surface area contributed by atoms with E-state index in [1.807, 2.05) is 31.2 Å². The predicted molar refractivity (Wildman–Crippen MR) is 104 cm³/mol. The summed E-state index contributed by atoms with van der Waals surface area (Å²) in [7, 11) is -1.85. The molecule has 1 rings (SSSR count). The van der Waals surface area contributed by atoms with E-state index in [-0.39, 0.29) is 11.0 Å². The molecular weight excluding hydrogens is 316 g/mol. The van der Waals surface area contributed by atoms with Gasteiger partial charge in [0.2, 0.25) is 8.32 Å². The third kappa shape index (κ3) is 6.00. The number of ether oxygens (including phenoxy) is 1. The molecule has 132 valence electrons. The summed E-state index contributed by atoms with van der Waals surface area (Å²) in [5, 5.41) is 0.163. The van der Waals surface area contributed by atoms with Gasteiger partial charge in [0.05, 0.1) is 6.61 Å². The highest BCUT2D eigenvalue weighted by molar-refractivity contribution is 6.74. The van der Waals surface area contributed by atoms with Gasteiger partial charge in [0, 0.05) is 6.08 Å². The third-order valence-corrected chi connectivity index (χ3v) is 8.69. The number of hydrogen-bond donors (Lipinski definition) is 0. The van der Waals surface area contributed by atoms with Gasteiger partial charge in [-0.2, -0.15) is 0 Å². The van der Waals surface area contributed by atoms with E-state index in [9.17, 15) is 4.79 Å². The average Bonchev–Trinajstić information content (AvgIpc) is 2.46. The molecule has 0 heterocycles. The highest BCUT2D eigenvalue weighted by Gasteiger charge is 2.38. The molecule has 0 radical (unpaired) electrons. The molecule has 0 fully saturated rings. The molecule has 0 aliphatic rings. The Kier molecular flexibility index (Phi) is 7.03. The number of rotatable bonds is 6. The van der Waals surface area contributed by atoms with Crippen molar-refractivity contribution in [1.29, 1.82) is 0 Å². The van der Waals surface area contributed by atoms with Crippen molar-refractivity contribution in [2.45, 2.75) is 52.8 Å². The highest BCUT2D eigenvalue weighted by Crippen LogP contribution is 2.37. The Morgan fingerprint density at radius 1 is 1.25 bits per heavy atom. The lowest BCUT2D eigenvalue weighted by molar-refractivity contribution is -0.137. The fraction of sp³-hybridized carbons (Fsp3) is 0.450. The summed E-state index contributed by atoms with van der Waals surface area (Å²) in [5.41, 5.74) is 2.15. The van der Waals surface area contributed by atoms with Gasteiger partial charge in [-0.25, -0.2) is 4.79 Å². The second-order valence-electron chi connectivity index (χ2n) is 7.35. The molecule has 1 aromatic rings. The van der Waals surface area contributed by atoms with E-state index >= 15 is 0 Å². The van der Waals surface area contributed by atoms with Gasteiger partial charge in [-0.15, -0.1) is 0 Å². The zero-order valence-corrected chi connectivity index (χ0v) is 17.0. The van der Waals surface area contributed by atoms with Gasteiger partial charge in [0.15, 0.2) is 0 Å². The Bertz CT molecular complexity index is 622. The molecule has 0 spiro atoms. The summed E-state index contributed by atoms with van der Waals surface area (Å²) in [6.07, 6.45) is 5.06. The van der Waals surface area contributed by atoms with Crippen LogP contribution in [0.4, 0.5) is 0 Å². The Morgan fingerprint density at radius 3 is 2.50 bits per heavy atom. The maximum Gasteiger partial charge on any atom is 0.330 e. The molecule has 0 unspecified atom stereocenters. The number of esters is 1. The Balaban J connectivity index is 2.90. The van der Waals surface area contributed by atoms with Crippen LogP contribution in [-0.2, 0) is 9.53 Å². The van der Waals surface area contributed by atoms with Crippen LogP contribution in [0.25, 0.3) is 5.57 Å². The number of hydrogen-bond acceptors (Lipinski definition) is 3. The lowest BCUT2D eigenvalue weighted by Crippen LogP contribution is -2.43. The van der Waals surface area contributed by atoms with Gasteiger partial charge in [-0.1, -0.05) is 45.1 Å². The largest absolute Gasteiger partial charge is 0.543 e. The van der Waals surface area contributed by atoms with Crippen LogP contribution in [0.3, 0.4) is 0 Å². The predicted octanol–water partition coefficient (Wildman–Crippen LogP) is 5.59. The van der Waals surface area contributed by atoms with Crippen LogP contribution in [0.5, 0.6) is 5.75 Å². The zero-order chi connectivity index (χ0) is 18.4. The minimum Gasteiger partial charge on any atom is -0.543 e. The molecule has 0 N–H and O–H groups in total. The second kappa shape index (κ2) is 8.33. The summed E-state index contributed by atoms with van der Waals surface area (Å²) in [4.78, 5) is 11.3. The number of carbonyl (C=O) groups is 1. The number of carbonyl (C=O) groups excluding carboxylic acids is 1. The van der Waals surface area contributed by atoms with Crippen molar-refractivity contribution in [3.05, 3.63) is 48.1 Å².